The molecule has 2 fully saturated rings. The van der Waals surface area contributed by atoms with Gasteiger partial charge in [-0.1, -0.05) is 0 Å². The zero-order chi connectivity index (χ0) is 24.0. The summed E-state index contributed by atoms with van der Waals surface area (Å²) in [5.74, 6) is -0.759. The molecular formula is C21H30N4O8S. The highest BCUT2D eigenvalue weighted by Gasteiger charge is 2.35. The van der Waals surface area contributed by atoms with Crippen LogP contribution in [0.4, 0.5) is 0 Å². The SMILES string of the molecule is O=C(NCCN1CCOCC1)C(=O)NC[C@@H]1OCCCN1S(=O)(=O)c1ccc2c(c1)OCCO2. The van der Waals surface area contributed by atoms with E-state index < -0.39 is 28.1 Å². The second-order valence-corrected chi connectivity index (χ2v) is 9.91. The van der Waals surface area contributed by atoms with E-state index in [4.69, 9.17) is 18.9 Å². The van der Waals surface area contributed by atoms with Crippen LogP contribution in [0.1, 0.15) is 6.42 Å². The first-order chi connectivity index (χ1) is 16.4. The molecule has 1 aromatic carbocycles. The summed E-state index contributed by atoms with van der Waals surface area (Å²) in [4.78, 5) is 26.6. The summed E-state index contributed by atoms with van der Waals surface area (Å²) >= 11 is 0. The summed E-state index contributed by atoms with van der Waals surface area (Å²) in [6.45, 7) is 5.00. The van der Waals surface area contributed by atoms with Crippen LogP contribution in [0.5, 0.6) is 11.5 Å². The molecule has 0 aromatic heterocycles. The van der Waals surface area contributed by atoms with Crippen LogP contribution in [0.25, 0.3) is 0 Å². The van der Waals surface area contributed by atoms with E-state index in [1.807, 2.05) is 0 Å². The Balaban J connectivity index is 1.31. The average Bonchev–Trinajstić information content (AvgIpc) is 2.87. The van der Waals surface area contributed by atoms with Gasteiger partial charge in [0.05, 0.1) is 31.3 Å². The number of carbonyl (C=O) groups excluding carboxylic acids is 2. The number of fused-ring (bicyclic) bond motifs is 1. The average molecular weight is 499 g/mol. The Labute approximate surface area is 198 Å². The quantitative estimate of drug-likeness (QED) is 0.443. The van der Waals surface area contributed by atoms with Crippen LogP contribution >= 0.6 is 0 Å². The van der Waals surface area contributed by atoms with Crippen LogP contribution in [-0.4, -0.2) is 108 Å². The standard InChI is InChI=1S/C21H30N4O8S/c26-20(22-4-6-24-7-10-30-11-8-24)21(27)23-15-19-25(5-1-9-33-19)34(28,29)16-2-3-17-18(14-16)32-13-12-31-17/h2-3,14,19H,1,4-13,15H2,(H,22,26)(H,23,27)/t19-/m0/s1. The normalized spacial score (nSPS) is 21.6. The Hall–Kier alpha value is -2.45. The molecule has 2 saturated heterocycles. The molecule has 0 aliphatic carbocycles. The number of sulfonamides is 1. The van der Waals surface area contributed by atoms with Crippen molar-refractivity contribution < 1.29 is 37.0 Å². The molecule has 12 nitrogen and oxygen atoms in total. The summed E-state index contributed by atoms with van der Waals surface area (Å²) in [5.41, 5.74) is 0. The lowest BCUT2D eigenvalue weighted by Crippen LogP contribution is -2.53. The maximum absolute atomic E-state index is 13.3. The van der Waals surface area contributed by atoms with E-state index in [9.17, 15) is 18.0 Å². The van der Waals surface area contributed by atoms with Gasteiger partial charge in [-0.3, -0.25) is 14.5 Å². The lowest BCUT2D eigenvalue weighted by atomic mass is 10.3. The number of hydrogen-bond acceptors (Lipinski definition) is 9. The molecular weight excluding hydrogens is 468 g/mol. The van der Waals surface area contributed by atoms with Gasteiger partial charge in [-0.25, -0.2) is 8.42 Å². The second kappa shape index (κ2) is 11.3. The van der Waals surface area contributed by atoms with Gasteiger partial charge in [-0.2, -0.15) is 4.31 Å². The molecule has 3 heterocycles. The third-order valence-corrected chi connectivity index (χ3v) is 7.62. The maximum Gasteiger partial charge on any atom is 0.309 e. The van der Waals surface area contributed by atoms with E-state index in [1.54, 1.807) is 6.07 Å². The Kier molecular flexibility index (Phi) is 8.21. The van der Waals surface area contributed by atoms with Gasteiger partial charge in [0.15, 0.2) is 11.5 Å². The maximum atomic E-state index is 13.3. The zero-order valence-corrected chi connectivity index (χ0v) is 19.7. The van der Waals surface area contributed by atoms with Gasteiger partial charge in [-0.05, 0) is 18.6 Å². The van der Waals surface area contributed by atoms with Crippen molar-refractivity contribution in [2.45, 2.75) is 17.5 Å². The molecule has 1 aromatic rings. The lowest BCUT2D eigenvalue weighted by molar-refractivity contribution is -0.140. The third kappa shape index (κ3) is 5.96. The van der Waals surface area contributed by atoms with Crippen molar-refractivity contribution in [3.05, 3.63) is 18.2 Å². The molecule has 3 aliphatic heterocycles. The molecule has 0 saturated carbocycles. The Morgan fingerprint density at radius 3 is 2.47 bits per heavy atom. The van der Waals surface area contributed by atoms with Crippen LogP contribution in [0.15, 0.2) is 23.1 Å². The number of amides is 2. The first-order valence-corrected chi connectivity index (χ1v) is 12.8. The fraction of sp³-hybridized carbons (Fsp3) is 0.619. The van der Waals surface area contributed by atoms with Gasteiger partial charge in [0.25, 0.3) is 0 Å². The predicted molar refractivity (Wildman–Crippen MR) is 119 cm³/mol. The van der Waals surface area contributed by atoms with Gasteiger partial charge < -0.3 is 29.6 Å². The summed E-state index contributed by atoms with van der Waals surface area (Å²) in [6, 6.07) is 4.44. The van der Waals surface area contributed by atoms with E-state index in [-0.39, 0.29) is 18.0 Å². The molecule has 0 bridgehead atoms. The molecule has 0 unspecified atom stereocenters. The lowest BCUT2D eigenvalue weighted by Gasteiger charge is -2.34. The summed E-state index contributed by atoms with van der Waals surface area (Å²) < 4.78 is 49.6. The molecule has 1 atom stereocenters. The number of rotatable bonds is 7. The fourth-order valence-corrected chi connectivity index (χ4v) is 5.50. The van der Waals surface area contributed by atoms with Crippen molar-refractivity contribution in [3.8, 4) is 11.5 Å². The Morgan fingerprint density at radius 2 is 1.68 bits per heavy atom. The minimum absolute atomic E-state index is 0.0411. The summed E-state index contributed by atoms with van der Waals surface area (Å²) in [7, 11) is -3.93. The van der Waals surface area contributed by atoms with Crippen molar-refractivity contribution in [1.29, 1.82) is 0 Å². The summed E-state index contributed by atoms with van der Waals surface area (Å²) in [6.07, 6.45) is -0.423. The van der Waals surface area contributed by atoms with Crippen molar-refractivity contribution in [2.24, 2.45) is 0 Å². The van der Waals surface area contributed by atoms with Crippen LogP contribution < -0.4 is 20.1 Å². The van der Waals surface area contributed by atoms with Crippen molar-refractivity contribution in [1.82, 2.24) is 19.8 Å². The van der Waals surface area contributed by atoms with E-state index in [2.05, 4.69) is 15.5 Å². The second-order valence-electron chi connectivity index (χ2n) is 8.02. The van der Waals surface area contributed by atoms with Crippen LogP contribution in [0, 0.1) is 0 Å². The number of benzene rings is 1. The molecule has 4 rings (SSSR count). The largest absolute Gasteiger partial charge is 0.486 e. The van der Waals surface area contributed by atoms with Crippen molar-refractivity contribution in [2.75, 3.05) is 72.3 Å². The molecule has 2 N–H and O–H groups in total. The van der Waals surface area contributed by atoms with Crippen LogP contribution in [0.2, 0.25) is 0 Å². The van der Waals surface area contributed by atoms with Gasteiger partial charge >= 0.3 is 11.8 Å². The highest BCUT2D eigenvalue weighted by Crippen LogP contribution is 2.34. The first-order valence-electron chi connectivity index (χ1n) is 11.3. The predicted octanol–water partition coefficient (Wildman–Crippen LogP) is -1.24. The molecule has 34 heavy (non-hydrogen) atoms. The van der Waals surface area contributed by atoms with E-state index in [1.165, 1.54) is 16.4 Å². The number of carbonyl (C=O) groups is 2. The Morgan fingerprint density at radius 1 is 0.941 bits per heavy atom. The van der Waals surface area contributed by atoms with Crippen LogP contribution in [0.3, 0.4) is 0 Å². The van der Waals surface area contributed by atoms with Gasteiger partial charge in [-0.15, -0.1) is 0 Å². The highest BCUT2D eigenvalue weighted by atomic mass is 32.2. The smallest absolute Gasteiger partial charge is 0.309 e. The number of morpholine rings is 1. The monoisotopic (exact) mass is 498 g/mol. The topological polar surface area (TPSA) is 136 Å². The van der Waals surface area contributed by atoms with E-state index in [0.717, 1.165) is 13.1 Å². The van der Waals surface area contributed by atoms with Crippen molar-refractivity contribution >= 4 is 21.8 Å². The Bertz CT molecular complexity index is 983. The number of nitrogens with one attached hydrogen (secondary N) is 2. The molecule has 13 heteroatoms. The minimum atomic E-state index is -3.93. The number of ether oxygens (including phenoxy) is 4. The molecule has 0 radical (unpaired) electrons. The molecule has 188 valence electrons. The van der Waals surface area contributed by atoms with Crippen LogP contribution in [-0.2, 0) is 29.1 Å². The van der Waals surface area contributed by atoms with E-state index >= 15 is 0 Å². The fourth-order valence-electron chi connectivity index (χ4n) is 3.91. The van der Waals surface area contributed by atoms with Crippen molar-refractivity contribution in [3.63, 3.8) is 0 Å². The molecule has 0 spiro atoms. The van der Waals surface area contributed by atoms with Gasteiger partial charge in [0, 0.05) is 38.8 Å². The van der Waals surface area contributed by atoms with Gasteiger partial charge in [0.2, 0.25) is 10.0 Å². The summed E-state index contributed by atoms with van der Waals surface area (Å²) in [5, 5.41) is 5.07. The third-order valence-electron chi connectivity index (χ3n) is 5.74. The minimum Gasteiger partial charge on any atom is -0.486 e. The highest BCUT2D eigenvalue weighted by molar-refractivity contribution is 7.89. The zero-order valence-electron chi connectivity index (χ0n) is 18.9. The van der Waals surface area contributed by atoms with E-state index in [0.29, 0.717) is 64.0 Å². The number of hydrogen-bond donors (Lipinski definition) is 2. The first kappa shape index (κ1) is 24.7. The number of nitrogens with zero attached hydrogens (tertiary/aromatic N) is 2. The molecule has 2 amide bonds. The van der Waals surface area contributed by atoms with Gasteiger partial charge in [0.1, 0.15) is 19.4 Å². The molecule has 3 aliphatic rings.